The minimum Gasteiger partial charge on any atom is -0.464 e. The summed E-state index contributed by atoms with van der Waals surface area (Å²) >= 11 is 0. The average Bonchev–Trinajstić information content (AvgIpc) is 2.92. The number of carbonyl (C=O) groups excluding carboxylic acids is 1. The number of rotatable bonds is 5. The molecule has 6 nitrogen and oxygen atoms in total. The third kappa shape index (κ3) is 3.41. The van der Waals surface area contributed by atoms with Crippen molar-refractivity contribution in [3.8, 4) is 0 Å². The fraction of sp³-hybridized carbons (Fsp3) is 0.615. The van der Waals surface area contributed by atoms with Gasteiger partial charge in [0.1, 0.15) is 5.82 Å². The molecular weight excluding hydrogens is 246 g/mol. The van der Waals surface area contributed by atoms with Crippen LogP contribution >= 0.6 is 0 Å². The number of anilines is 1. The van der Waals surface area contributed by atoms with Crippen molar-refractivity contribution in [2.75, 3.05) is 25.6 Å². The molecule has 0 spiro atoms. The average molecular weight is 265 g/mol. The SMILES string of the molecule is CCC1OCCC1CNc1cnc(C(=O)OC)cn1. The molecule has 0 amide bonds. The molecule has 2 atom stereocenters. The van der Waals surface area contributed by atoms with Gasteiger partial charge in [0.15, 0.2) is 5.69 Å². The van der Waals surface area contributed by atoms with Crippen LogP contribution < -0.4 is 5.32 Å². The zero-order valence-electron chi connectivity index (χ0n) is 11.3. The van der Waals surface area contributed by atoms with Crippen molar-refractivity contribution in [2.45, 2.75) is 25.9 Å². The molecule has 6 heteroatoms. The molecule has 2 unspecified atom stereocenters. The summed E-state index contributed by atoms with van der Waals surface area (Å²) in [7, 11) is 1.32. The molecule has 1 aromatic heterocycles. The summed E-state index contributed by atoms with van der Waals surface area (Å²) in [6, 6.07) is 0. The summed E-state index contributed by atoms with van der Waals surface area (Å²) in [6.45, 7) is 3.77. The van der Waals surface area contributed by atoms with Gasteiger partial charge in [0.25, 0.3) is 0 Å². The molecule has 1 aliphatic heterocycles. The van der Waals surface area contributed by atoms with Gasteiger partial charge in [-0.3, -0.25) is 0 Å². The second kappa shape index (κ2) is 6.47. The van der Waals surface area contributed by atoms with Crippen molar-refractivity contribution < 1.29 is 14.3 Å². The fourth-order valence-electron chi connectivity index (χ4n) is 2.24. The Kier molecular flexibility index (Phi) is 4.68. The molecule has 2 rings (SSSR count). The van der Waals surface area contributed by atoms with E-state index in [0.29, 0.717) is 17.8 Å². The fourth-order valence-corrected chi connectivity index (χ4v) is 2.24. The van der Waals surface area contributed by atoms with Crippen LogP contribution in [0.15, 0.2) is 12.4 Å². The smallest absolute Gasteiger partial charge is 0.358 e. The zero-order chi connectivity index (χ0) is 13.7. The highest BCUT2D eigenvalue weighted by Gasteiger charge is 2.26. The van der Waals surface area contributed by atoms with Gasteiger partial charge in [0.05, 0.1) is 25.6 Å². The van der Waals surface area contributed by atoms with Gasteiger partial charge in [-0.05, 0) is 12.8 Å². The first-order chi connectivity index (χ1) is 9.24. The van der Waals surface area contributed by atoms with Crippen LogP contribution in [0.4, 0.5) is 5.82 Å². The number of esters is 1. The van der Waals surface area contributed by atoms with E-state index in [0.717, 1.165) is 26.0 Å². The molecule has 0 radical (unpaired) electrons. The van der Waals surface area contributed by atoms with Crippen molar-refractivity contribution >= 4 is 11.8 Å². The first-order valence-corrected chi connectivity index (χ1v) is 6.50. The summed E-state index contributed by atoms with van der Waals surface area (Å²) in [5.41, 5.74) is 0.212. The second-order valence-electron chi connectivity index (χ2n) is 4.53. The van der Waals surface area contributed by atoms with E-state index in [1.54, 1.807) is 6.20 Å². The molecular formula is C13H19N3O3. The highest BCUT2D eigenvalue weighted by molar-refractivity contribution is 5.86. The number of hydrogen-bond donors (Lipinski definition) is 1. The van der Waals surface area contributed by atoms with Crippen molar-refractivity contribution in [3.05, 3.63) is 18.1 Å². The minimum absolute atomic E-state index is 0.212. The topological polar surface area (TPSA) is 73.3 Å². The van der Waals surface area contributed by atoms with Crippen molar-refractivity contribution in [1.82, 2.24) is 9.97 Å². The molecule has 0 aromatic carbocycles. The monoisotopic (exact) mass is 265 g/mol. The van der Waals surface area contributed by atoms with Crippen LogP contribution in [0.2, 0.25) is 0 Å². The lowest BCUT2D eigenvalue weighted by Gasteiger charge is -2.17. The molecule has 0 aliphatic carbocycles. The lowest BCUT2D eigenvalue weighted by molar-refractivity contribution is 0.0593. The Labute approximate surface area is 112 Å². The van der Waals surface area contributed by atoms with Crippen molar-refractivity contribution in [3.63, 3.8) is 0 Å². The molecule has 1 fully saturated rings. The molecule has 2 heterocycles. The number of carbonyl (C=O) groups is 1. The highest BCUT2D eigenvalue weighted by Crippen LogP contribution is 2.23. The van der Waals surface area contributed by atoms with E-state index in [2.05, 4.69) is 26.9 Å². The lowest BCUT2D eigenvalue weighted by Crippen LogP contribution is -2.23. The van der Waals surface area contributed by atoms with E-state index >= 15 is 0 Å². The van der Waals surface area contributed by atoms with E-state index in [4.69, 9.17) is 4.74 Å². The van der Waals surface area contributed by atoms with Gasteiger partial charge in [-0.1, -0.05) is 6.92 Å². The number of ether oxygens (including phenoxy) is 2. The van der Waals surface area contributed by atoms with Crippen molar-refractivity contribution in [1.29, 1.82) is 0 Å². The maximum Gasteiger partial charge on any atom is 0.358 e. The van der Waals surface area contributed by atoms with Crippen LogP contribution in [-0.4, -0.2) is 42.3 Å². The number of nitrogens with one attached hydrogen (secondary N) is 1. The van der Waals surface area contributed by atoms with Crippen LogP contribution in [0.5, 0.6) is 0 Å². The van der Waals surface area contributed by atoms with Gasteiger partial charge in [-0.25, -0.2) is 14.8 Å². The summed E-state index contributed by atoms with van der Waals surface area (Å²) in [6.07, 6.45) is 5.38. The van der Waals surface area contributed by atoms with E-state index < -0.39 is 5.97 Å². The van der Waals surface area contributed by atoms with E-state index in [-0.39, 0.29) is 5.69 Å². The molecule has 1 N–H and O–H groups in total. The largest absolute Gasteiger partial charge is 0.464 e. The Hall–Kier alpha value is -1.69. The van der Waals surface area contributed by atoms with Gasteiger partial charge in [-0.15, -0.1) is 0 Å². The summed E-state index contributed by atoms with van der Waals surface area (Å²) < 4.78 is 10.2. The standard InChI is InChI=1S/C13H19N3O3/c1-3-11-9(4-5-19-11)6-15-12-8-14-10(7-16-12)13(17)18-2/h7-9,11H,3-6H2,1-2H3,(H,15,16). The second-order valence-corrected chi connectivity index (χ2v) is 4.53. The van der Waals surface area contributed by atoms with Gasteiger partial charge >= 0.3 is 5.97 Å². The molecule has 19 heavy (non-hydrogen) atoms. The summed E-state index contributed by atoms with van der Waals surface area (Å²) in [4.78, 5) is 19.4. The lowest BCUT2D eigenvalue weighted by atomic mass is 10.00. The Bertz CT molecular complexity index is 422. The maximum absolute atomic E-state index is 11.2. The quantitative estimate of drug-likeness (QED) is 0.813. The third-order valence-electron chi connectivity index (χ3n) is 3.34. The van der Waals surface area contributed by atoms with Gasteiger partial charge in [-0.2, -0.15) is 0 Å². The minimum atomic E-state index is -0.478. The molecule has 1 aromatic rings. The summed E-state index contributed by atoms with van der Waals surface area (Å²) in [5, 5.41) is 3.23. The Morgan fingerprint density at radius 2 is 2.37 bits per heavy atom. The Morgan fingerprint density at radius 1 is 1.53 bits per heavy atom. The van der Waals surface area contributed by atoms with Crippen LogP contribution in [0.3, 0.4) is 0 Å². The van der Waals surface area contributed by atoms with Crippen LogP contribution in [0.1, 0.15) is 30.3 Å². The molecule has 104 valence electrons. The van der Waals surface area contributed by atoms with Gasteiger partial charge in [0.2, 0.25) is 0 Å². The van der Waals surface area contributed by atoms with E-state index in [1.165, 1.54) is 13.3 Å². The van der Waals surface area contributed by atoms with Crippen LogP contribution in [0.25, 0.3) is 0 Å². The van der Waals surface area contributed by atoms with Crippen molar-refractivity contribution in [2.24, 2.45) is 5.92 Å². The first kappa shape index (κ1) is 13.7. The molecule has 0 bridgehead atoms. The predicted molar refractivity (Wildman–Crippen MR) is 70.0 cm³/mol. The summed E-state index contributed by atoms with van der Waals surface area (Å²) in [5.74, 6) is 0.691. The van der Waals surface area contributed by atoms with Gasteiger partial charge in [0, 0.05) is 19.1 Å². The Balaban J connectivity index is 1.88. The third-order valence-corrected chi connectivity index (χ3v) is 3.34. The Morgan fingerprint density at radius 3 is 3.00 bits per heavy atom. The number of methoxy groups -OCH3 is 1. The van der Waals surface area contributed by atoms with E-state index in [1.807, 2.05) is 0 Å². The van der Waals surface area contributed by atoms with Crippen LogP contribution in [0, 0.1) is 5.92 Å². The van der Waals surface area contributed by atoms with Gasteiger partial charge < -0.3 is 14.8 Å². The molecule has 1 aliphatic rings. The van der Waals surface area contributed by atoms with E-state index in [9.17, 15) is 4.79 Å². The highest BCUT2D eigenvalue weighted by atomic mass is 16.5. The molecule has 0 saturated carbocycles. The predicted octanol–water partition coefficient (Wildman–Crippen LogP) is 1.49. The number of nitrogens with zero attached hydrogens (tertiary/aromatic N) is 2. The molecule has 1 saturated heterocycles. The maximum atomic E-state index is 11.2. The number of aromatic nitrogens is 2. The van der Waals surface area contributed by atoms with Crippen LogP contribution in [-0.2, 0) is 9.47 Å². The normalized spacial score (nSPS) is 22.2. The first-order valence-electron chi connectivity index (χ1n) is 6.50. The number of hydrogen-bond acceptors (Lipinski definition) is 6. The zero-order valence-corrected chi connectivity index (χ0v) is 11.3.